The molecule has 1 rings (SSSR count). The zero-order chi connectivity index (χ0) is 12.6. The molecule has 1 aliphatic rings. The molecule has 3 heteroatoms. The van der Waals surface area contributed by atoms with E-state index >= 15 is 0 Å². The molecule has 0 bridgehead atoms. The Labute approximate surface area is 107 Å². The highest BCUT2D eigenvalue weighted by molar-refractivity contribution is 4.75. The average Bonchev–Trinajstić information content (AvgIpc) is 2.30. The second-order valence-electron chi connectivity index (χ2n) is 5.95. The largest absolute Gasteiger partial charge is 0.374 e. The van der Waals surface area contributed by atoms with E-state index in [1.54, 1.807) is 0 Å². The number of hydrogen-bond acceptors (Lipinski definition) is 3. The molecule has 1 aliphatic heterocycles. The highest BCUT2D eigenvalue weighted by Crippen LogP contribution is 2.22. The van der Waals surface area contributed by atoms with Crippen LogP contribution < -0.4 is 10.6 Å². The third-order valence-electron chi connectivity index (χ3n) is 3.44. The lowest BCUT2D eigenvalue weighted by atomic mass is 9.87. The van der Waals surface area contributed by atoms with Gasteiger partial charge in [-0.05, 0) is 11.8 Å². The lowest BCUT2D eigenvalue weighted by Crippen LogP contribution is -2.45. The minimum Gasteiger partial charge on any atom is -0.374 e. The van der Waals surface area contributed by atoms with Crippen LogP contribution in [0.1, 0.15) is 46.5 Å². The number of morpholine rings is 1. The molecule has 3 nitrogen and oxygen atoms in total. The molecular formula is C14H30N2O. The maximum Gasteiger partial charge on any atom is 0.0824 e. The van der Waals surface area contributed by atoms with Crippen LogP contribution in [0.15, 0.2) is 0 Å². The maximum absolute atomic E-state index is 5.67. The van der Waals surface area contributed by atoms with Gasteiger partial charge in [0.15, 0.2) is 0 Å². The van der Waals surface area contributed by atoms with Crippen molar-refractivity contribution in [2.24, 2.45) is 5.41 Å². The molecule has 0 aliphatic carbocycles. The zero-order valence-electron chi connectivity index (χ0n) is 11.8. The smallest absolute Gasteiger partial charge is 0.0824 e. The van der Waals surface area contributed by atoms with E-state index in [-0.39, 0.29) is 0 Å². The van der Waals surface area contributed by atoms with E-state index in [0.29, 0.717) is 11.5 Å². The molecule has 1 atom stereocenters. The van der Waals surface area contributed by atoms with E-state index in [9.17, 15) is 0 Å². The van der Waals surface area contributed by atoms with Crippen molar-refractivity contribution < 1.29 is 4.74 Å². The molecule has 17 heavy (non-hydrogen) atoms. The molecule has 0 aromatic carbocycles. The first-order chi connectivity index (χ1) is 8.14. The summed E-state index contributed by atoms with van der Waals surface area (Å²) in [5, 5.41) is 6.92. The Hall–Kier alpha value is -0.120. The van der Waals surface area contributed by atoms with E-state index in [2.05, 4.69) is 31.4 Å². The van der Waals surface area contributed by atoms with Gasteiger partial charge >= 0.3 is 0 Å². The Morgan fingerprint density at radius 3 is 2.82 bits per heavy atom. The van der Waals surface area contributed by atoms with Gasteiger partial charge in [-0.3, -0.25) is 0 Å². The molecular weight excluding hydrogens is 212 g/mol. The van der Waals surface area contributed by atoms with Crippen molar-refractivity contribution in [1.82, 2.24) is 10.6 Å². The molecule has 1 unspecified atom stereocenters. The topological polar surface area (TPSA) is 33.3 Å². The Bertz CT molecular complexity index is 189. The fourth-order valence-electron chi connectivity index (χ4n) is 2.26. The Morgan fingerprint density at radius 2 is 2.18 bits per heavy atom. The molecule has 0 saturated carbocycles. The van der Waals surface area contributed by atoms with Crippen LogP contribution in [-0.2, 0) is 4.74 Å². The second kappa shape index (κ2) is 8.06. The number of ether oxygens (including phenoxy) is 1. The lowest BCUT2D eigenvalue weighted by Gasteiger charge is -2.28. The monoisotopic (exact) mass is 242 g/mol. The molecule has 2 N–H and O–H groups in total. The van der Waals surface area contributed by atoms with Gasteiger partial charge in [-0.15, -0.1) is 0 Å². The SMILES string of the molecule is CCCCCC(C)(C)CNCC1CNCCO1. The van der Waals surface area contributed by atoms with Gasteiger partial charge in [-0.2, -0.15) is 0 Å². The normalized spacial score (nSPS) is 21.7. The highest BCUT2D eigenvalue weighted by atomic mass is 16.5. The van der Waals surface area contributed by atoms with Crippen LogP contribution in [0.25, 0.3) is 0 Å². The molecule has 1 heterocycles. The number of hydrogen-bond donors (Lipinski definition) is 2. The van der Waals surface area contributed by atoms with Gasteiger partial charge in [-0.1, -0.05) is 40.0 Å². The molecule has 1 fully saturated rings. The first-order valence-electron chi connectivity index (χ1n) is 7.17. The van der Waals surface area contributed by atoms with Gasteiger partial charge in [0.2, 0.25) is 0 Å². The van der Waals surface area contributed by atoms with Crippen LogP contribution in [0.2, 0.25) is 0 Å². The van der Waals surface area contributed by atoms with Gasteiger partial charge in [0.25, 0.3) is 0 Å². The van der Waals surface area contributed by atoms with E-state index < -0.39 is 0 Å². The summed E-state index contributed by atoms with van der Waals surface area (Å²) in [6.45, 7) is 11.9. The van der Waals surface area contributed by atoms with E-state index in [1.165, 1.54) is 25.7 Å². The summed E-state index contributed by atoms with van der Waals surface area (Å²) < 4.78 is 5.67. The molecule has 0 aromatic heterocycles. The Kier molecular flexibility index (Phi) is 7.09. The minimum absolute atomic E-state index is 0.357. The zero-order valence-corrected chi connectivity index (χ0v) is 11.8. The predicted molar refractivity (Wildman–Crippen MR) is 73.4 cm³/mol. The van der Waals surface area contributed by atoms with Gasteiger partial charge in [0.05, 0.1) is 12.7 Å². The quantitative estimate of drug-likeness (QED) is 0.640. The predicted octanol–water partition coefficient (Wildman–Crippen LogP) is 2.17. The van der Waals surface area contributed by atoms with E-state index in [1.807, 2.05) is 0 Å². The molecule has 102 valence electrons. The summed E-state index contributed by atoms with van der Waals surface area (Å²) in [4.78, 5) is 0. The van der Waals surface area contributed by atoms with E-state index in [4.69, 9.17) is 4.74 Å². The summed E-state index contributed by atoms with van der Waals surface area (Å²) in [5.74, 6) is 0. The van der Waals surface area contributed by atoms with Crippen molar-refractivity contribution in [3.05, 3.63) is 0 Å². The lowest BCUT2D eigenvalue weighted by molar-refractivity contribution is 0.0278. The number of rotatable bonds is 8. The maximum atomic E-state index is 5.67. The second-order valence-corrected chi connectivity index (χ2v) is 5.95. The van der Waals surface area contributed by atoms with Crippen LogP contribution >= 0.6 is 0 Å². The first kappa shape index (κ1) is 14.9. The van der Waals surface area contributed by atoms with E-state index in [0.717, 1.165) is 32.8 Å². The third-order valence-corrected chi connectivity index (χ3v) is 3.44. The van der Waals surface area contributed by atoms with Crippen molar-refractivity contribution in [3.63, 3.8) is 0 Å². The van der Waals surface area contributed by atoms with Crippen molar-refractivity contribution in [1.29, 1.82) is 0 Å². The van der Waals surface area contributed by atoms with Crippen LogP contribution in [0.3, 0.4) is 0 Å². The van der Waals surface area contributed by atoms with Gasteiger partial charge < -0.3 is 15.4 Å². The van der Waals surface area contributed by atoms with Crippen LogP contribution in [0.5, 0.6) is 0 Å². The van der Waals surface area contributed by atoms with Crippen molar-refractivity contribution >= 4 is 0 Å². The van der Waals surface area contributed by atoms with Crippen molar-refractivity contribution in [2.45, 2.75) is 52.6 Å². The number of nitrogens with one attached hydrogen (secondary N) is 2. The highest BCUT2D eigenvalue weighted by Gasteiger charge is 2.18. The Morgan fingerprint density at radius 1 is 1.35 bits per heavy atom. The van der Waals surface area contributed by atoms with Crippen LogP contribution in [0.4, 0.5) is 0 Å². The minimum atomic E-state index is 0.357. The van der Waals surface area contributed by atoms with Gasteiger partial charge in [0.1, 0.15) is 0 Å². The summed E-state index contributed by atoms with van der Waals surface area (Å²) in [6.07, 6.45) is 5.70. The fraction of sp³-hybridized carbons (Fsp3) is 1.00. The van der Waals surface area contributed by atoms with Gasteiger partial charge in [0, 0.05) is 26.2 Å². The fourth-order valence-corrected chi connectivity index (χ4v) is 2.26. The molecule has 0 amide bonds. The summed E-state index contributed by atoms with van der Waals surface area (Å²) in [5.41, 5.74) is 0.414. The summed E-state index contributed by atoms with van der Waals surface area (Å²) in [6, 6.07) is 0. The Balaban J connectivity index is 2.06. The standard InChI is InChI=1S/C14H30N2O/c1-4-5-6-7-14(2,3)12-16-11-13-10-15-8-9-17-13/h13,15-16H,4-12H2,1-3H3. The molecule has 1 saturated heterocycles. The molecule has 0 aromatic rings. The first-order valence-corrected chi connectivity index (χ1v) is 7.17. The average molecular weight is 242 g/mol. The molecule has 0 spiro atoms. The molecule has 0 radical (unpaired) electrons. The van der Waals surface area contributed by atoms with Gasteiger partial charge in [-0.25, -0.2) is 0 Å². The number of unbranched alkanes of at least 4 members (excludes halogenated alkanes) is 2. The van der Waals surface area contributed by atoms with Crippen LogP contribution in [-0.4, -0.2) is 38.9 Å². The summed E-state index contributed by atoms with van der Waals surface area (Å²) in [7, 11) is 0. The van der Waals surface area contributed by atoms with Crippen molar-refractivity contribution in [2.75, 3.05) is 32.8 Å². The third kappa shape index (κ3) is 7.02. The van der Waals surface area contributed by atoms with Crippen LogP contribution in [0, 0.1) is 5.41 Å². The summed E-state index contributed by atoms with van der Waals surface area (Å²) >= 11 is 0. The van der Waals surface area contributed by atoms with Crippen molar-refractivity contribution in [3.8, 4) is 0 Å².